The second-order valence-corrected chi connectivity index (χ2v) is 9.42. The zero-order valence-corrected chi connectivity index (χ0v) is 21.1. The molecule has 0 unspecified atom stereocenters. The van der Waals surface area contributed by atoms with E-state index in [-0.39, 0.29) is 18.1 Å². The number of aromatic nitrogens is 4. The molecule has 0 aliphatic carbocycles. The number of rotatable bonds is 6. The van der Waals surface area contributed by atoms with Gasteiger partial charge in [-0.25, -0.2) is 9.78 Å². The molecular formula is C29H28N6O3. The van der Waals surface area contributed by atoms with Crippen molar-refractivity contribution in [1.29, 1.82) is 0 Å². The van der Waals surface area contributed by atoms with Crippen molar-refractivity contribution >= 4 is 39.9 Å². The molecule has 0 saturated carbocycles. The highest BCUT2D eigenvalue weighted by atomic mass is 16.5. The molecule has 0 atom stereocenters. The number of hydrogen-bond acceptors (Lipinski definition) is 6. The maximum atomic E-state index is 13.8. The van der Waals surface area contributed by atoms with Gasteiger partial charge in [-0.1, -0.05) is 36.4 Å². The van der Waals surface area contributed by atoms with Crippen molar-refractivity contribution in [3.63, 3.8) is 0 Å². The number of nitrogens with zero attached hydrogens (tertiary/aromatic N) is 4. The van der Waals surface area contributed by atoms with Crippen molar-refractivity contribution in [3.8, 4) is 0 Å². The normalized spacial score (nSPS) is 14.2. The van der Waals surface area contributed by atoms with Crippen LogP contribution in [0.1, 0.15) is 52.0 Å². The molecule has 1 aliphatic rings. The number of esters is 1. The van der Waals surface area contributed by atoms with Crippen molar-refractivity contribution in [2.24, 2.45) is 0 Å². The van der Waals surface area contributed by atoms with E-state index in [1.165, 1.54) is 22.5 Å². The molecule has 5 aromatic rings. The van der Waals surface area contributed by atoms with Gasteiger partial charge in [0.2, 0.25) is 0 Å². The molecule has 0 bridgehead atoms. The monoisotopic (exact) mass is 508 g/mol. The van der Waals surface area contributed by atoms with Crippen LogP contribution in [0, 0.1) is 0 Å². The molecule has 38 heavy (non-hydrogen) atoms. The molecule has 0 spiro atoms. The molecule has 2 aromatic carbocycles. The fourth-order valence-corrected chi connectivity index (χ4v) is 5.13. The fraction of sp³-hybridized carbons (Fsp3) is 0.241. The van der Waals surface area contributed by atoms with Crippen LogP contribution in [-0.4, -0.2) is 56.1 Å². The average Bonchev–Trinajstić information content (AvgIpc) is 3.61. The van der Waals surface area contributed by atoms with Gasteiger partial charge in [-0.15, -0.1) is 0 Å². The topological polar surface area (TPSA) is 105 Å². The highest BCUT2D eigenvalue weighted by Gasteiger charge is 2.28. The van der Waals surface area contributed by atoms with Crippen molar-refractivity contribution in [2.75, 3.05) is 25.0 Å². The number of likely N-dealkylation sites (tertiary alicyclic amines) is 1. The fourth-order valence-electron chi connectivity index (χ4n) is 5.13. The van der Waals surface area contributed by atoms with E-state index in [9.17, 15) is 9.59 Å². The standard InChI is InChI=1S/C29H28N6O3/c1-2-38-29(37)24-18-32-35-26(24)31-17-23(27(35)33-22-9-8-21-10-13-30-25(21)16-22)28(36)34-14-11-20(12-15-34)19-6-4-3-5-7-19/h3-10,13,16-18,20,30,33H,2,11-12,14-15H2,1H3. The van der Waals surface area contributed by atoms with E-state index in [4.69, 9.17) is 4.74 Å². The zero-order valence-electron chi connectivity index (χ0n) is 21.1. The number of aromatic amines is 1. The summed E-state index contributed by atoms with van der Waals surface area (Å²) >= 11 is 0. The number of ether oxygens (including phenoxy) is 1. The van der Waals surface area contributed by atoms with Crippen LogP contribution in [0.3, 0.4) is 0 Å². The van der Waals surface area contributed by atoms with Gasteiger partial charge in [-0.3, -0.25) is 4.79 Å². The Labute approximate surface area is 219 Å². The lowest BCUT2D eigenvalue weighted by molar-refractivity contribution is 0.0528. The maximum Gasteiger partial charge on any atom is 0.343 e. The minimum absolute atomic E-state index is 0.123. The first-order valence-electron chi connectivity index (χ1n) is 12.8. The van der Waals surface area contributed by atoms with Crippen LogP contribution in [-0.2, 0) is 4.74 Å². The van der Waals surface area contributed by atoms with Gasteiger partial charge in [0, 0.05) is 36.7 Å². The van der Waals surface area contributed by atoms with Gasteiger partial charge in [-0.05, 0) is 54.8 Å². The van der Waals surface area contributed by atoms with Crippen LogP contribution in [0.2, 0.25) is 0 Å². The molecule has 1 aliphatic heterocycles. The van der Waals surface area contributed by atoms with E-state index >= 15 is 0 Å². The highest BCUT2D eigenvalue weighted by Crippen LogP contribution is 2.31. The van der Waals surface area contributed by atoms with Crippen molar-refractivity contribution in [2.45, 2.75) is 25.7 Å². The predicted molar refractivity (Wildman–Crippen MR) is 145 cm³/mol. The van der Waals surface area contributed by atoms with E-state index in [1.807, 2.05) is 41.4 Å². The average molecular weight is 509 g/mol. The van der Waals surface area contributed by atoms with Crippen LogP contribution in [0.5, 0.6) is 0 Å². The minimum atomic E-state index is -0.504. The Kier molecular flexibility index (Phi) is 6.25. The summed E-state index contributed by atoms with van der Waals surface area (Å²) in [5, 5.41) is 8.88. The van der Waals surface area contributed by atoms with Crippen molar-refractivity contribution in [1.82, 2.24) is 24.5 Å². The third kappa shape index (κ3) is 4.36. The van der Waals surface area contributed by atoms with Crippen LogP contribution in [0.15, 0.2) is 73.2 Å². The van der Waals surface area contributed by atoms with E-state index in [2.05, 4.69) is 44.6 Å². The van der Waals surface area contributed by atoms with Crippen LogP contribution in [0.25, 0.3) is 16.6 Å². The van der Waals surface area contributed by atoms with Crippen molar-refractivity contribution < 1.29 is 14.3 Å². The zero-order chi connectivity index (χ0) is 26.1. The summed E-state index contributed by atoms with van der Waals surface area (Å²) in [7, 11) is 0. The Hall–Kier alpha value is -4.66. The molecule has 1 fully saturated rings. The Balaban J connectivity index is 1.34. The van der Waals surface area contributed by atoms with Gasteiger partial charge in [0.25, 0.3) is 5.91 Å². The third-order valence-corrected chi connectivity index (χ3v) is 7.12. The minimum Gasteiger partial charge on any atom is -0.462 e. The molecule has 192 valence electrons. The summed E-state index contributed by atoms with van der Waals surface area (Å²) in [4.78, 5) is 35.9. The molecule has 2 N–H and O–H groups in total. The first-order chi connectivity index (χ1) is 18.6. The molecule has 4 heterocycles. The number of carbonyl (C=O) groups excluding carboxylic acids is 2. The van der Waals surface area contributed by atoms with Gasteiger partial charge < -0.3 is 19.9 Å². The van der Waals surface area contributed by atoms with Gasteiger partial charge in [-0.2, -0.15) is 9.61 Å². The first-order valence-corrected chi connectivity index (χ1v) is 12.8. The van der Waals surface area contributed by atoms with Gasteiger partial charge >= 0.3 is 5.97 Å². The Morgan fingerprint density at radius 1 is 1.05 bits per heavy atom. The first kappa shape index (κ1) is 23.7. The largest absolute Gasteiger partial charge is 0.462 e. The van der Waals surface area contributed by atoms with Crippen LogP contribution >= 0.6 is 0 Å². The molecule has 6 rings (SSSR count). The van der Waals surface area contributed by atoms with E-state index < -0.39 is 5.97 Å². The molecule has 0 radical (unpaired) electrons. The third-order valence-electron chi connectivity index (χ3n) is 7.12. The predicted octanol–water partition coefficient (Wildman–Crippen LogP) is 5.15. The highest BCUT2D eigenvalue weighted by molar-refractivity contribution is 6.01. The quantitative estimate of drug-likeness (QED) is 0.307. The molecule has 1 amide bonds. The van der Waals surface area contributed by atoms with Crippen LogP contribution in [0.4, 0.5) is 11.5 Å². The Morgan fingerprint density at radius 2 is 1.87 bits per heavy atom. The lowest BCUT2D eigenvalue weighted by atomic mass is 9.89. The molecule has 9 nitrogen and oxygen atoms in total. The van der Waals surface area contributed by atoms with Crippen molar-refractivity contribution in [3.05, 3.63) is 89.9 Å². The number of benzene rings is 2. The second kappa shape index (κ2) is 10.0. The summed E-state index contributed by atoms with van der Waals surface area (Å²) in [6, 6.07) is 18.4. The van der Waals surface area contributed by atoms with E-state index in [0.29, 0.717) is 36.0 Å². The van der Waals surface area contributed by atoms with E-state index in [1.54, 1.807) is 6.92 Å². The lowest BCUT2D eigenvalue weighted by Gasteiger charge is -2.32. The SMILES string of the molecule is CCOC(=O)c1cnn2c(Nc3ccc4cc[nH]c4c3)c(C(=O)N3CCC(c4ccccc4)CC3)cnc12. The number of nitrogens with one attached hydrogen (secondary N) is 2. The summed E-state index contributed by atoms with van der Waals surface area (Å²) in [5.74, 6) is 0.259. The number of fused-ring (bicyclic) bond motifs is 2. The molecule has 1 saturated heterocycles. The summed E-state index contributed by atoms with van der Waals surface area (Å²) in [6.07, 6.45) is 6.63. The molecule has 3 aromatic heterocycles. The number of H-pyrrole nitrogens is 1. The summed E-state index contributed by atoms with van der Waals surface area (Å²) < 4.78 is 6.69. The van der Waals surface area contributed by atoms with Crippen LogP contribution < -0.4 is 5.32 Å². The smallest absolute Gasteiger partial charge is 0.343 e. The Bertz CT molecular complexity index is 1620. The van der Waals surface area contributed by atoms with Gasteiger partial charge in [0.15, 0.2) is 5.65 Å². The number of anilines is 2. The molecule has 9 heteroatoms. The summed E-state index contributed by atoms with van der Waals surface area (Å²) in [6.45, 7) is 3.29. The Morgan fingerprint density at radius 3 is 2.66 bits per heavy atom. The second-order valence-electron chi connectivity index (χ2n) is 9.42. The number of hydrogen-bond donors (Lipinski definition) is 2. The maximum absolute atomic E-state index is 13.8. The van der Waals surface area contributed by atoms with Gasteiger partial charge in [0.1, 0.15) is 16.9 Å². The lowest BCUT2D eigenvalue weighted by Crippen LogP contribution is -2.38. The molecular weight excluding hydrogens is 480 g/mol. The number of amides is 1. The van der Waals surface area contributed by atoms with Gasteiger partial charge in [0.05, 0.1) is 12.8 Å². The number of piperidine rings is 1. The van der Waals surface area contributed by atoms with E-state index in [0.717, 1.165) is 29.4 Å². The number of carbonyl (C=O) groups is 2. The summed E-state index contributed by atoms with van der Waals surface area (Å²) in [5.41, 5.74) is 4.01.